The number of halogens is 1. The van der Waals surface area contributed by atoms with Gasteiger partial charge in [-0.1, -0.05) is 25.0 Å². The van der Waals surface area contributed by atoms with Crippen LogP contribution in [0.2, 0.25) is 0 Å². The number of fused-ring (bicyclic) bond motifs is 1. The Morgan fingerprint density at radius 2 is 1.57 bits per heavy atom. The molecule has 0 spiro atoms. The zero-order valence-corrected chi connectivity index (χ0v) is 17.5. The molecule has 0 radical (unpaired) electrons. The van der Waals surface area contributed by atoms with Crippen molar-refractivity contribution < 1.29 is 14.4 Å². The molecular weight excluding hydrogens is 467 g/mol. The number of anilines is 1. The van der Waals surface area contributed by atoms with Crippen molar-refractivity contribution in [2.24, 2.45) is 11.8 Å². The van der Waals surface area contributed by atoms with Gasteiger partial charge in [-0.25, -0.2) is 0 Å². The molecule has 0 aromatic heterocycles. The van der Waals surface area contributed by atoms with Gasteiger partial charge in [0.15, 0.2) is 0 Å². The van der Waals surface area contributed by atoms with Crippen molar-refractivity contribution in [3.05, 3.63) is 63.2 Å². The summed E-state index contributed by atoms with van der Waals surface area (Å²) in [6, 6.07) is 14.6. The summed E-state index contributed by atoms with van der Waals surface area (Å²) in [5.41, 5.74) is 1.70. The fourth-order valence-electron chi connectivity index (χ4n) is 4.18. The van der Waals surface area contributed by atoms with Gasteiger partial charge in [-0.15, -0.1) is 0 Å². The molecule has 3 amide bonds. The quantitative estimate of drug-likeness (QED) is 0.515. The van der Waals surface area contributed by atoms with E-state index in [1.807, 2.05) is 24.3 Å². The molecule has 28 heavy (non-hydrogen) atoms. The average Bonchev–Trinajstić information content (AvgIpc) is 2.95. The van der Waals surface area contributed by atoms with Crippen LogP contribution in [-0.4, -0.2) is 29.2 Å². The highest BCUT2D eigenvalue weighted by atomic mass is 127. The molecule has 1 N–H and O–H groups in total. The molecule has 1 aliphatic carbocycles. The highest BCUT2D eigenvalue weighted by molar-refractivity contribution is 14.1. The van der Waals surface area contributed by atoms with E-state index in [9.17, 15) is 14.4 Å². The second kappa shape index (κ2) is 8.03. The number of imide groups is 1. The van der Waals surface area contributed by atoms with Crippen molar-refractivity contribution in [3.63, 3.8) is 0 Å². The van der Waals surface area contributed by atoms with Gasteiger partial charge in [-0.2, -0.15) is 0 Å². The zero-order chi connectivity index (χ0) is 19.7. The van der Waals surface area contributed by atoms with Gasteiger partial charge in [-0.3, -0.25) is 19.3 Å². The Kier molecular flexibility index (Phi) is 5.48. The average molecular weight is 488 g/mol. The van der Waals surface area contributed by atoms with E-state index in [0.717, 1.165) is 34.9 Å². The van der Waals surface area contributed by atoms with Gasteiger partial charge in [0.1, 0.15) is 0 Å². The summed E-state index contributed by atoms with van der Waals surface area (Å²) in [6.07, 6.45) is 3.63. The van der Waals surface area contributed by atoms with Crippen LogP contribution in [0.1, 0.15) is 46.4 Å². The molecule has 0 saturated heterocycles. The Bertz CT molecular complexity index is 891. The first-order valence-corrected chi connectivity index (χ1v) is 10.6. The lowest BCUT2D eigenvalue weighted by molar-refractivity contribution is -0.122. The van der Waals surface area contributed by atoms with E-state index in [-0.39, 0.29) is 29.6 Å². The Morgan fingerprint density at radius 1 is 0.964 bits per heavy atom. The van der Waals surface area contributed by atoms with E-state index in [1.54, 1.807) is 24.3 Å². The third-order valence-electron chi connectivity index (χ3n) is 5.65. The Morgan fingerprint density at radius 3 is 2.21 bits per heavy atom. The lowest BCUT2D eigenvalue weighted by Crippen LogP contribution is -2.41. The number of nitrogens with one attached hydrogen (secondary N) is 1. The standard InChI is InChI=1S/C22H21IN2O3/c23-15-9-11-16(12-10-15)24-20(26)17-6-2-1-5-14(17)13-25-21(27)18-7-3-4-8-19(18)22(25)28/h3-4,7-12,14,17H,1-2,5-6,13H2,(H,24,26). The van der Waals surface area contributed by atoms with E-state index in [1.165, 1.54) is 4.90 Å². The van der Waals surface area contributed by atoms with Crippen LogP contribution in [0.5, 0.6) is 0 Å². The summed E-state index contributed by atoms with van der Waals surface area (Å²) in [7, 11) is 0. The van der Waals surface area contributed by atoms with Crippen molar-refractivity contribution in [1.29, 1.82) is 0 Å². The van der Waals surface area contributed by atoms with Gasteiger partial charge in [0.2, 0.25) is 5.91 Å². The van der Waals surface area contributed by atoms with Crippen molar-refractivity contribution in [1.82, 2.24) is 4.90 Å². The normalized spacial score (nSPS) is 21.5. The van der Waals surface area contributed by atoms with E-state index >= 15 is 0 Å². The minimum atomic E-state index is -0.247. The molecule has 5 nitrogen and oxygen atoms in total. The molecule has 144 valence electrons. The van der Waals surface area contributed by atoms with Crippen LogP contribution in [0, 0.1) is 15.4 Å². The van der Waals surface area contributed by atoms with Crippen LogP contribution < -0.4 is 5.32 Å². The van der Waals surface area contributed by atoms with Crippen molar-refractivity contribution >= 4 is 46.0 Å². The summed E-state index contributed by atoms with van der Waals surface area (Å²) in [5, 5.41) is 3.00. The summed E-state index contributed by atoms with van der Waals surface area (Å²) < 4.78 is 1.11. The maximum absolute atomic E-state index is 12.9. The van der Waals surface area contributed by atoms with Crippen molar-refractivity contribution in [3.8, 4) is 0 Å². The number of hydrogen-bond acceptors (Lipinski definition) is 3. The molecule has 0 bridgehead atoms. The lowest BCUT2D eigenvalue weighted by atomic mass is 9.78. The maximum Gasteiger partial charge on any atom is 0.261 e. The summed E-state index contributed by atoms with van der Waals surface area (Å²) in [5.74, 6) is -0.731. The summed E-state index contributed by atoms with van der Waals surface area (Å²) in [6.45, 7) is 0.303. The van der Waals surface area contributed by atoms with Gasteiger partial charge in [0, 0.05) is 21.7 Å². The predicted octanol–water partition coefficient (Wildman–Crippen LogP) is 4.33. The number of benzene rings is 2. The number of rotatable bonds is 4. The number of amides is 3. The number of hydrogen-bond donors (Lipinski definition) is 1. The Hall–Kier alpha value is -2.22. The second-order valence-electron chi connectivity index (χ2n) is 7.41. The zero-order valence-electron chi connectivity index (χ0n) is 15.4. The fourth-order valence-corrected chi connectivity index (χ4v) is 4.54. The van der Waals surface area contributed by atoms with Crippen LogP contribution in [0.4, 0.5) is 5.69 Å². The number of carbonyl (C=O) groups excluding carboxylic acids is 3. The second-order valence-corrected chi connectivity index (χ2v) is 8.66. The van der Waals surface area contributed by atoms with Crippen molar-refractivity contribution in [2.75, 3.05) is 11.9 Å². The highest BCUT2D eigenvalue weighted by Gasteiger charge is 2.39. The van der Waals surface area contributed by atoms with Gasteiger partial charge in [0.05, 0.1) is 11.1 Å². The lowest BCUT2D eigenvalue weighted by Gasteiger charge is -2.32. The number of carbonyl (C=O) groups is 3. The monoisotopic (exact) mass is 488 g/mol. The molecule has 2 aliphatic rings. The topological polar surface area (TPSA) is 66.5 Å². The smallest absolute Gasteiger partial charge is 0.261 e. The molecule has 1 fully saturated rings. The molecule has 2 unspecified atom stereocenters. The predicted molar refractivity (Wildman–Crippen MR) is 115 cm³/mol. The van der Waals surface area contributed by atoms with Crippen LogP contribution in [0.15, 0.2) is 48.5 Å². The highest BCUT2D eigenvalue weighted by Crippen LogP contribution is 2.34. The largest absolute Gasteiger partial charge is 0.326 e. The Labute approximate surface area is 177 Å². The van der Waals surface area contributed by atoms with Crippen LogP contribution in [0.25, 0.3) is 0 Å². The number of nitrogens with zero attached hydrogens (tertiary/aromatic N) is 1. The first-order chi connectivity index (χ1) is 13.5. The van der Waals surface area contributed by atoms with E-state index < -0.39 is 0 Å². The van der Waals surface area contributed by atoms with E-state index in [0.29, 0.717) is 17.7 Å². The van der Waals surface area contributed by atoms with E-state index in [2.05, 4.69) is 27.9 Å². The first kappa shape index (κ1) is 19.1. The minimum absolute atomic E-state index is 0.0141. The van der Waals surface area contributed by atoms with Gasteiger partial charge in [-0.05, 0) is 77.7 Å². The molecule has 1 aliphatic heterocycles. The molecule has 2 aromatic carbocycles. The molecule has 6 heteroatoms. The molecular formula is C22H21IN2O3. The third-order valence-corrected chi connectivity index (χ3v) is 6.37. The molecule has 1 saturated carbocycles. The van der Waals surface area contributed by atoms with Gasteiger partial charge < -0.3 is 5.32 Å². The minimum Gasteiger partial charge on any atom is -0.326 e. The van der Waals surface area contributed by atoms with Gasteiger partial charge in [0.25, 0.3) is 11.8 Å². The fraction of sp³-hybridized carbons (Fsp3) is 0.318. The Balaban J connectivity index is 1.48. The van der Waals surface area contributed by atoms with Crippen LogP contribution >= 0.6 is 22.6 Å². The van der Waals surface area contributed by atoms with Crippen LogP contribution in [0.3, 0.4) is 0 Å². The van der Waals surface area contributed by atoms with Gasteiger partial charge >= 0.3 is 0 Å². The SMILES string of the molecule is O=C(Nc1ccc(I)cc1)C1CCCCC1CN1C(=O)c2ccccc2C1=O. The van der Waals surface area contributed by atoms with E-state index in [4.69, 9.17) is 0 Å². The summed E-state index contributed by atoms with van der Waals surface area (Å²) >= 11 is 2.23. The summed E-state index contributed by atoms with van der Waals surface area (Å²) in [4.78, 5) is 39.6. The van der Waals surface area contributed by atoms with Crippen molar-refractivity contribution in [2.45, 2.75) is 25.7 Å². The van der Waals surface area contributed by atoms with Crippen LogP contribution in [-0.2, 0) is 4.79 Å². The molecule has 2 aromatic rings. The third kappa shape index (κ3) is 3.70. The molecule has 2 atom stereocenters. The molecule has 1 heterocycles. The first-order valence-electron chi connectivity index (χ1n) is 9.56. The maximum atomic E-state index is 12.9. The molecule has 4 rings (SSSR count).